The van der Waals surface area contributed by atoms with Gasteiger partial charge in [0.2, 0.25) is 0 Å². The first-order chi connectivity index (χ1) is 15.6. The van der Waals surface area contributed by atoms with Gasteiger partial charge in [0.15, 0.2) is 5.11 Å². The molecule has 1 aromatic carbocycles. The monoisotopic (exact) mass is 460 g/mol. The van der Waals surface area contributed by atoms with Gasteiger partial charge >= 0.3 is 0 Å². The van der Waals surface area contributed by atoms with Crippen LogP contribution in [-0.2, 0) is 6.54 Å². The van der Waals surface area contributed by atoms with E-state index in [9.17, 15) is 0 Å². The number of nitrogens with zero attached hydrogens (tertiary/aromatic N) is 3. The lowest BCUT2D eigenvalue weighted by atomic mass is 10.0. The number of thiocarbonyl (C=S) groups is 1. The summed E-state index contributed by atoms with van der Waals surface area (Å²) in [6.07, 6.45) is 5.42. The van der Waals surface area contributed by atoms with Crippen LogP contribution in [0.3, 0.4) is 0 Å². The molecular weight excluding hydrogens is 440 g/mol. The summed E-state index contributed by atoms with van der Waals surface area (Å²) < 4.78 is 6.41. The summed E-state index contributed by atoms with van der Waals surface area (Å²) in [6.45, 7) is 2.61. The first-order valence-electron chi connectivity index (χ1n) is 10.3. The van der Waals surface area contributed by atoms with Crippen molar-refractivity contribution in [3.05, 3.63) is 107 Å². The van der Waals surface area contributed by atoms with Crippen LogP contribution < -0.4 is 5.32 Å². The van der Waals surface area contributed by atoms with E-state index >= 15 is 0 Å². The van der Waals surface area contributed by atoms with Crippen molar-refractivity contribution in [1.82, 2.24) is 20.2 Å². The van der Waals surface area contributed by atoms with E-state index in [1.807, 2.05) is 73.8 Å². The van der Waals surface area contributed by atoms with E-state index in [1.54, 1.807) is 12.4 Å². The maximum atomic E-state index is 6.41. The standard InChI is InChI=1S/C25H21ClN4OS/c1-16-18(7-4-8-19(16)26)21-10-11-22(31-21)24-23(20-9-2-3-13-28-20)29-25(32)30(24)15-17-6-5-12-27-14-17/h2-14,23-24H,15H2,1H3,(H,29,32)/t23-,24+/m0/s1. The Morgan fingerprint density at radius 3 is 2.75 bits per heavy atom. The maximum absolute atomic E-state index is 6.41. The third-order valence-corrected chi connectivity index (χ3v) is 6.49. The number of halogens is 1. The minimum atomic E-state index is -0.161. The summed E-state index contributed by atoms with van der Waals surface area (Å²) in [5, 5.41) is 4.83. The molecule has 0 saturated carbocycles. The Balaban J connectivity index is 1.56. The summed E-state index contributed by atoms with van der Waals surface area (Å²) >= 11 is 12.1. The molecule has 0 aliphatic carbocycles. The number of rotatable bonds is 5. The third kappa shape index (κ3) is 3.87. The van der Waals surface area contributed by atoms with Crippen molar-refractivity contribution >= 4 is 28.9 Å². The molecule has 1 saturated heterocycles. The number of hydrogen-bond acceptors (Lipinski definition) is 4. The summed E-state index contributed by atoms with van der Waals surface area (Å²) in [5.41, 5.74) is 3.94. The number of nitrogens with one attached hydrogen (secondary N) is 1. The highest BCUT2D eigenvalue weighted by Crippen LogP contribution is 2.41. The number of benzene rings is 1. The highest BCUT2D eigenvalue weighted by atomic mass is 35.5. The zero-order valence-corrected chi connectivity index (χ0v) is 19.0. The first kappa shape index (κ1) is 20.7. The van der Waals surface area contributed by atoms with Crippen LogP contribution in [-0.4, -0.2) is 20.0 Å². The molecule has 1 N–H and O–H groups in total. The van der Waals surface area contributed by atoms with Crippen molar-refractivity contribution in [2.24, 2.45) is 0 Å². The average molecular weight is 461 g/mol. The van der Waals surface area contributed by atoms with Gasteiger partial charge in [-0.25, -0.2) is 0 Å². The van der Waals surface area contributed by atoms with Gasteiger partial charge in [0, 0.05) is 35.7 Å². The van der Waals surface area contributed by atoms with E-state index in [2.05, 4.69) is 20.2 Å². The zero-order chi connectivity index (χ0) is 22.1. The molecule has 7 heteroatoms. The van der Waals surface area contributed by atoms with Crippen LogP contribution in [0.4, 0.5) is 0 Å². The molecule has 32 heavy (non-hydrogen) atoms. The fourth-order valence-corrected chi connectivity index (χ4v) is 4.58. The maximum Gasteiger partial charge on any atom is 0.170 e. The minimum absolute atomic E-state index is 0.139. The van der Waals surface area contributed by atoms with Gasteiger partial charge in [-0.15, -0.1) is 0 Å². The van der Waals surface area contributed by atoms with E-state index in [1.165, 1.54) is 0 Å². The molecule has 0 unspecified atom stereocenters. The fourth-order valence-electron chi connectivity index (χ4n) is 4.10. The largest absolute Gasteiger partial charge is 0.459 e. The van der Waals surface area contributed by atoms with Gasteiger partial charge in [0.25, 0.3) is 0 Å². The molecule has 160 valence electrons. The van der Waals surface area contributed by atoms with Crippen LogP contribution in [0, 0.1) is 6.92 Å². The van der Waals surface area contributed by atoms with Gasteiger partial charge in [-0.3, -0.25) is 9.97 Å². The van der Waals surface area contributed by atoms with Crippen molar-refractivity contribution < 1.29 is 4.42 Å². The molecule has 3 aromatic heterocycles. The smallest absolute Gasteiger partial charge is 0.170 e. The average Bonchev–Trinajstić information content (AvgIpc) is 3.42. The second-order valence-corrected chi connectivity index (χ2v) is 8.52. The van der Waals surface area contributed by atoms with Crippen LogP contribution in [0.15, 0.2) is 83.7 Å². The second kappa shape index (κ2) is 8.73. The summed E-state index contributed by atoms with van der Waals surface area (Å²) in [7, 11) is 0. The molecule has 1 aliphatic rings. The molecule has 4 aromatic rings. The highest BCUT2D eigenvalue weighted by molar-refractivity contribution is 7.80. The van der Waals surface area contributed by atoms with Crippen LogP contribution in [0.5, 0.6) is 0 Å². The predicted molar refractivity (Wildman–Crippen MR) is 129 cm³/mol. The topological polar surface area (TPSA) is 54.2 Å². The Morgan fingerprint density at radius 2 is 1.97 bits per heavy atom. The molecule has 5 rings (SSSR count). The first-order valence-corrected chi connectivity index (χ1v) is 11.1. The lowest BCUT2D eigenvalue weighted by molar-refractivity contribution is 0.269. The molecular formula is C25H21ClN4OS. The van der Waals surface area contributed by atoms with E-state index in [-0.39, 0.29) is 12.1 Å². The van der Waals surface area contributed by atoms with Crippen LogP contribution in [0.25, 0.3) is 11.3 Å². The summed E-state index contributed by atoms with van der Waals surface area (Å²) in [6, 6.07) is 19.4. The number of hydrogen-bond donors (Lipinski definition) is 1. The Hall–Kier alpha value is -3.22. The summed E-state index contributed by atoms with van der Waals surface area (Å²) in [4.78, 5) is 11.0. The molecule has 0 spiro atoms. The number of pyridine rings is 2. The van der Waals surface area contributed by atoms with Crippen molar-refractivity contribution in [1.29, 1.82) is 0 Å². The van der Waals surface area contributed by atoms with E-state index < -0.39 is 0 Å². The van der Waals surface area contributed by atoms with Gasteiger partial charge in [-0.05, 0) is 66.7 Å². The number of furan rings is 1. The molecule has 0 radical (unpaired) electrons. The van der Waals surface area contributed by atoms with E-state index in [0.717, 1.165) is 33.9 Å². The van der Waals surface area contributed by atoms with Crippen molar-refractivity contribution in [2.45, 2.75) is 25.6 Å². The lowest BCUT2D eigenvalue weighted by Crippen LogP contribution is -2.29. The van der Waals surface area contributed by atoms with Gasteiger partial charge in [0.05, 0.1) is 11.7 Å². The molecule has 4 heterocycles. The lowest BCUT2D eigenvalue weighted by Gasteiger charge is -2.26. The molecule has 1 fully saturated rings. The van der Waals surface area contributed by atoms with Gasteiger partial charge in [0.1, 0.15) is 17.6 Å². The zero-order valence-electron chi connectivity index (χ0n) is 17.4. The van der Waals surface area contributed by atoms with Crippen LogP contribution in [0.1, 0.15) is 34.7 Å². The van der Waals surface area contributed by atoms with Crippen molar-refractivity contribution in [3.8, 4) is 11.3 Å². The van der Waals surface area contributed by atoms with Crippen molar-refractivity contribution in [3.63, 3.8) is 0 Å². The van der Waals surface area contributed by atoms with Gasteiger partial charge < -0.3 is 14.6 Å². The van der Waals surface area contributed by atoms with Crippen LogP contribution in [0.2, 0.25) is 5.02 Å². The molecule has 1 aliphatic heterocycles. The second-order valence-electron chi connectivity index (χ2n) is 7.73. The van der Waals surface area contributed by atoms with E-state index in [0.29, 0.717) is 16.7 Å². The van der Waals surface area contributed by atoms with Gasteiger partial charge in [-0.1, -0.05) is 35.9 Å². The molecule has 0 bridgehead atoms. The normalized spacial score (nSPS) is 18.1. The Morgan fingerprint density at radius 1 is 1.06 bits per heavy atom. The van der Waals surface area contributed by atoms with Gasteiger partial charge in [-0.2, -0.15) is 0 Å². The highest BCUT2D eigenvalue weighted by Gasteiger charge is 2.41. The predicted octanol–water partition coefficient (Wildman–Crippen LogP) is 5.87. The Bertz CT molecular complexity index is 1250. The fraction of sp³-hybridized carbons (Fsp3) is 0.160. The minimum Gasteiger partial charge on any atom is -0.459 e. The Kier molecular flexibility index (Phi) is 5.64. The Labute approximate surface area is 197 Å². The van der Waals surface area contributed by atoms with Crippen LogP contribution >= 0.6 is 23.8 Å². The SMILES string of the molecule is Cc1c(Cl)cccc1-c1ccc([C@@H]2[C@H](c3ccccn3)NC(=S)N2Cc2cccnc2)o1. The van der Waals surface area contributed by atoms with E-state index in [4.69, 9.17) is 28.2 Å². The quantitative estimate of drug-likeness (QED) is 0.376. The summed E-state index contributed by atoms with van der Waals surface area (Å²) in [5.74, 6) is 1.59. The third-order valence-electron chi connectivity index (χ3n) is 5.72. The number of aromatic nitrogens is 2. The van der Waals surface area contributed by atoms with Crippen molar-refractivity contribution in [2.75, 3.05) is 0 Å². The molecule has 0 amide bonds. The molecule has 5 nitrogen and oxygen atoms in total. The molecule has 2 atom stereocenters.